The van der Waals surface area contributed by atoms with E-state index in [4.69, 9.17) is 4.74 Å². The zero-order valence-electron chi connectivity index (χ0n) is 15.9. The van der Waals surface area contributed by atoms with Crippen molar-refractivity contribution in [3.8, 4) is 11.8 Å². The van der Waals surface area contributed by atoms with Crippen LogP contribution in [0.25, 0.3) is 11.1 Å². The molecule has 1 aliphatic carbocycles. The lowest BCUT2D eigenvalue weighted by Gasteiger charge is -2.27. The normalized spacial score (nSPS) is 16.4. The molecule has 0 aliphatic heterocycles. The Labute approximate surface area is 162 Å². The number of hydrogen-bond acceptors (Lipinski definition) is 2. The van der Waals surface area contributed by atoms with Gasteiger partial charge >= 0.3 is 5.97 Å². The van der Waals surface area contributed by atoms with E-state index < -0.39 is 0 Å². The van der Waals surface area contributed by atoms with Gasteiger partial charge in [-0.25, -0.2) is 0 Å². The number of allylic oxidation sites excluding steroid dienone is 2. The van der Waals surface area contributed by atoms with Gasteiger partial charge in [0, 0.05) is 12.8 Å². The van der Waals surface area contributed by atoms with Crippen molar-refractivity contribution in [2.45, 2.75) is 39.0 Å². The molecule has 0 fully saturated rings. The second-order valence-electron chi connectivity index (χ2n) is 6.75. The molecule has 2 nitrogen and oxygen atoms in total. The number of ether oxygens (including phenoxy) is 1. The molecule has 0 N–H and O–H groups in total. The molecule has 27 heavy (non-hydrogen) atoms. The van der Waals surface area contributed by atoms with Gasteiger partial charge in [0.15, 0.2) is 0 Å². The van der Waals surface area contributed by atoms with Crippen LogP contribution < -0.4 is 0 Å². The summed E-state index contributed by atoms with van der Waals surface area (Å²) in [5.74, 6) is 5.86. The molecule has 0 heterocycles. The van der Waals surface area contributed by atoms with E-state index >= 15 is 0 Å². The Bertz CT molecular complexity index is 838. The van der Waals surface area contributed by atoms with E-state index in [0.29, 0.717) is 13.0 Å². The molecule has 2 heteroatoms. The van der Waals surface area contributed by atoms with E-state index in [1.807, 2.05) is 19.1 Å². The minimum absolute atomic E-state index is 0.0770. The third-order valence-corrected chi connectivity index (χ3v) is 4.91. The molecule has 3 rings (SSSR count). The first-order chi connectivity index (χ1) is 13.3. The fourth-order valence-corrected chi connectivity index (χ4v) is 3.57. The zero-order chi connectivity index (χ0) is 18.9. The molecule has 0 amide bonds. The minimum Gasteiger partial charge on any atom is -0.464 e. The number of carbonyl (C=O) groups excluding carboxylic acids is 1. The van der Waals surface area contributed by atoms with Crippen molar-refractivity contribution in [2.24, 2.45) is 5.92 Å². The number of carbonyl (C=O) groups is 1. The molecule has 0 radical (unpaired) electrons. The van der Waals surface area contributed by atoms with Gasteiger partial charge in [-0.15, -0.1) is 5.92 Å². The van der Waals surface area contributed by atoms with Crippen molar-refractivity contribution in [2.75, 3.05) is 6.61 Å². The maximum Gasteiger partial charge on any atom is 0.309 e. The monoisotopic (exact) mass is 358 g/mol. The molecule has 0 aromatic heterocycles. The van der Waals surface area contributed by atoms with Crippen LogP contribution in [-0.2, 0) is 9.53 Å². The van der Waals surface area contributed by atoms with Gasteiger partial charge in [-0.2, -0.15) is 0 Å². The largest absolute Gasteiger partial charge is 0.464 e. The van der Waals surface area contributed by atoms with Crippen molar-refractivity contribution in [1.29, 1.82) is 0 Å². The lowest BCUT2D eigenvalue weighted by molar-refractivity contribution is -0.148. The quantitative estimate of drug-likeness (QED) is 0.387. The lowest BCUT2D eigenvalue weighted by Crippen LogP contribution is -2.22. The molecule has 2 aromatic carbocycles. The van der Waals surface area contributed by atoms with Gasteiger partial charge < -0.3 is 4.74 Å². The van der Waals surface area contributed by atoms with Crippen molar-refractivity contribution >= 4 is 17.1 Å². The lowest BCUT2D eigenvalue weighted by atomic mass is 9.78. The topological polar surface area (TPSA) is 26.3 Å². The highest BCUT2D eigenvalue weighted by Crippen LogP contribution is 2.41. The maximum absolute atomic E-state index is 12.6. The summed E-state index contributed by atoms with van der Waals surface area (Å²) in [5, 5.41) is 0. The molecular formula is C25H26O2. The van der Waals surface area contributed by atoms with Crippen LogP contribution in [0.5, 0.6) is 0 Å². The predicted molar refractivity (Wildman–Crippen MR) is 111 cm³/mol. The van der Waals surface area contributed by atoms with Gasteiger partial charge in [-0.3, -0.25) is 4.79 Å². The summed E-state index contributed by atoms with van der Waals surface area (Å²) < 4.78 is 5.49. The van der Waals surface area contributed by atoms with Crippen molar-refractivity contribution < 1.29 is 9.53 Å². The fourth-order valence-electron chi connectivity index (χ4n) is 3.57. The average molecular weight is 358 g/mol. The summed E-state index contributed by atoms with van der Waals surface area (Å²) in [4.78, 5) is 12.6. The van der Waals surface area contributed by atoms with Gasteiger partial charge in [-0.1, -0.05) is 73.5 Å². The molecule has 0 spiro atoms. The third-order valence-electron chi connectivity index (χ3n) is 4.91. The number of hydrogen-bond donors (Lipinski definition) is 0. The number of rotatable bonds is 5. The summed E-state index contributed by atoms with van der Waals surface area (Å²) in [6, 6.07) is 20.9. The van der Waals surface area contributed by atoms with Crippen LogP contribution in [-0.4, -0.2) is 12.6 Å². The van der Waals surface area contributed by atoms with Crippen LogP contribution in [0.1, 0.15) is 50.2 Å². The van der Waals surface area contributed by atoms with Crippen LogP contribution in [0, 0.1) is 17.8 Å². The number of benzene rings is 2. The molecule has 2 aromatic rings. The molecule has 1 aliphatic rings. The van der Waals surface area contributed by atoms with Gasteiger partial charge in [0.25, 0.3) is 0 Å². The van der Waals surface area contributed by atoms with Gasteiger partial charge in [0.2, 0.25) is 0 Å². The standard InChI is InChI=1S/C25H26O2/c1-2-3-4-11-18-27-25(26)22-16-17-23(20-12-7-5-8-13-20)24(19-22)21-14-9-6-10-15-21/h5-10,12-15,22H,2,11,16-19H2,1H3. The fraction of sp³-hybridized carbons (Fsp3) is 0.320. The maximum atomic E-state index is 12.6. The average Bonchev–Trinajstić information content (AvgIpc) is 2.74. The molecule has 0 saturated heterocycles. The first-order valence-electron chi connectivity index (χ1n) is 9.74. The van der Waals surface area contributed by atoms with Crippen LogP contribution in [0.4, 0.5) is 0 Å². The molecule has 138 valence electrons. The van der Waals surface area contributed by atoms with Crippen molar-refractivity contribution in [1.82, 2.24) is 0 Å². The van der Waals surface area contributed by atoms with E-state index in [-0.39, 0.29) is 11.9 Å². The summed E-state index contributed by atoms with van der Waals surface area (Å²) in [7, 11) is 0. The SMILES string of the molecule is CCC#CCCOC(=O)C1CCC(c2ccccc2)=C(c2ccccc2)C1. The van der Waals surface area contributed by atoms with Gasteiger partial charge in [-0.05, 0) is 41.5 Å². The Kier molecular flexibility index (Phi) is 6.88. The minimum atomic E-state index is -0.0890. The first kappa shape index (κ1) is 19.0. The van der Waals surface area contributed by atoms with Gasteiger partial charge in [0.1, 0.15) is 6.61 Å². The highest BCUT2D eigenvalue weighted by molar-refractivity contribution is 5.93. The van der Waals surface area contributed by atoms with Crippen molar-refractivity contribution in [3.63, 3.8) is 0 Å². The Balaban J connectivity index is 1.78. The Hall–Kier alpha value is -2.79. The molecule has 1 atom stereocenters. The van der Waals surface area contributed by atoms with Crippen molar-refractivity contribution in [3.05, 3.63) is 71.8 Å². The van der Waals surface area contributed by atoms with Crippen LogP contribution in [0.15, 0.2) is 60.7 Å². The predicted octanol–water partition coefficient (Wildman–Crippen LogP) is 5.74. The molecular weight excluding hydrogens is 332 g/mol. The summed E-state index contributed by atoms with van der Waals surface area (Å²) in [6.45, 7) is 2.40. The zero-order valence-corrected chi connectivity index (χ0v) is 15.9. The molecule has 0 saturated carbocycles. The Morgan fingerprint density at radius 2 is 1.59 bits per heavy atom. The smallest absolute Gasteiger partial charge is 0.309 e. The van der Waals surface area contributed by atoms with E-state index in [9.17, 15) is 4.79 Å². The van der Waals surface area contributed by atoms with Crippen LogP contribution in [0.3, 0.4) is 0 Å². The Morgan fingerprint density at radius 1 is 0.963 bits per heavy atom. The Morgan fingerprint density at radius 3 is 2.22 bits per heavy atom. The molecule has 1 unspecified atom stereocenters. The summed E-state index contributed by atoms with van der Waals surface area (Å²) in [6.07, 6.45) is 3.91. The van der Waals surface area contributed by atoms with E-state index in [2.05, 4.69) is 60.4 Å². The van der Waals surface area contributed by atoms with Gasteiger partial charge in [0.05, 0.1) is 5.92 Å². The van der Waals surface area contributed by atoms with E-state index in [1.165, 1.54) is 22.3 Å². The molecule has 0 bridgehead atoms. The summed E-state index contributed by atoms with van der Waals surface area (Å²) in [5.41, 5.74) is 5.06. The van der Waals surface area contributed by atoms with E-state index in [0.717, 1.165) is 25.7 Å². The highest BCUT2D eigenvalue weighted by Gasteiger charge is 2.28. The second kappa shape index (κ2) is 9.78. The summed E-state index contributed by atoms with van der Waals surface area (Å²) >= 11 is 0. The van der Waals surface area contributed by atoms with Crippen LogP contribution in [0.2, 0.25) is 0 Å². The highest BCUT2D eigenvalue weighted by atomic mass is 16.5. The number of esters is 1. The first-order valence-corrected chi connectivity index (χ1v) is 9.74. The third kappa shape index (κ3) is 5.11. The van der Waals surface area contributed by atoms with E-state index in [1.54, 1.807) is 0 Å². The second-order valence-corrected chi connectivity index (χ2v) is 6.75. The van der Waals surface area contributed by atoms with Crippen LogP contribution >= 0.6 is 0 Å².